The third-order valence-electron chi connectivity index (χ3n) is 2.01. The van der Waals surface area contributed by atoms with Crippen LogP contribution in [0.15, 0.2) is 6.20 Å². The van der Waals surface area contributed by atoms with E-state index in [2.05, 4.69) is 4.98 Å². The van der Waals surface area contributed by atoms with Crippen LogP contribution >= 0.6 is 0 Å². The molecule has 1 aromatic heterocycles. The number of carbonyl (C=O) groups is 1. The quantitative estimate of drug-likeness (QED) is 0.865. The molecule has 5 nitrogen and oxygen atoms in total. The maximum absolute atomic E-state index is 12.6. The first kappa shape index (κ1) is 12.8. The van der Waals surface area contributed by atoms with E-state index in [1.807, 2.05) is 0 Å². The molecule has 0 spiro atoms. The van der Waals surface area contributed by atoms with Crippen molar-refractivity contribution in [2.75, 3.05) is 7.11 Å². The zero-order valence-corrected chi connectivity index (χ0v) is 8.78. The van der Waals surface area contributed by atoms with Crippen molar-refractivity contribution in [1.82, 2.24) is 4.98 Å². The third-order valence-corrected chi connectivity index (χ3v) is 2.01. The zero-order chi connectivity index (χ0) is 13.0. The van der Waals surface area contributed by atoms with E-state index in [0.717, 1.165) is 6.20 Å². The summed E-state index contributed by atoms with van der Waals surface area (Å²) in [6.07, 6.45) is -2.57. The van der Waals surface area contributed by atoms with Crippen molar-refractivity contribution in [1.29, 1.82) is 5.26 Å². The van der Waals surface area contributed by atoms with Gasteiger partial charge in [-0.1, -0.05) is 0 Å². The van der Waals surface area contributed by atoms with Crippen molar-refractivity contribution in [2.24, 2.45) is 0 Å². The van der Waals surface area contributed by atoms with E-state index in [1.54, 1.807) is 6.07 Å². The van der Waals surface area contributed by atoms with Gasteiger partial charge in [0.1, 0.15) is 11.6 Å². The van der Waals surface area contributed by atoms with Gasteiger partial charge in [-0.2, -0.15) is 5.26 Å². The number of carboxylic acid groups (broad SMARTS) is 1. The van der Waals surface area contributed by atoms with Crippen LogP contribution in [0.4, 0.5) is 8.78 Å². The highest BCUT2D eigenvalue weighted by Crippen LogP contribution is 2.30. The lowest BCUT2D eigenvalue weighted by Gasteiger charge is -2.10. The smallest absolute Gasteiger partial charge is 0.309 e. The van der Waals surface area contributed by atoms with E-state index >= 15 is 0 Å². The van der Waals surface area contributed by atoms with Crippen molar-refractivity contribution in [3.05, 3.63) is 23.0 Å². The first-order valence-corrected chi connectivity index (χ1v) is 4.47. The van der Waals surface area contributed by atoms with Crippen LogP contribution in [-0.2, 0) is 11.2 Å². The molecular weight excluding hydrogens is 234 g/mol. The topological polar surface area (TPSA) is 83.2 Å². The molecule has 0 amide bonds. The number of carboxylic acids is 1. The Hall–Kier alpha value is -2.23. The van der Waals surface area contributed by atoms with Gasteiger partial charge in [-0.15, -0.1) is 0 Å². The summed E-state index contributed by atoms with van der Waals surface area (Å²) in [6, 6.07) is 1.57. The SMILES string of the molecule is COc1c(CC(=O)O)ncc(C(F)F)c1C#N. The predicted molar refractivity (Wildman–Crippen MR) is 51.8 cm³/mol. The molecule has 1 aromatic rings. The highest BCUT2D eigenvalue weighted by atomic mass is 19.3. The Morgan fingerprint density at radius 1 is 1.71 bits per heavy atom. The summed E-state index contributed by atoms with van der Waals surface area (Å²) in [7, 11) is 1.17. The van der Waals surface area contributed by atoms with E-state index in [4.69, 9.17) is 15.1 Å². The minimum atomic E-state index is -2.87. The second-order valence-electron chi connectivity index (χ2n) is 3.05. The van der Waals surface area contributed by atoms with Crippen LogP contribution in [0.5, 0.6) is 5.75 Å². The van der Waals surface area contributed by atoms with Crippen LogP contribution in [0.3, 0.4) is 0 Å². The van der Waals surface area contributed by atoms with Gasteiger partial charge in [0.25, 0.3) is 6.43 Å². The molecule has 0 bridgehead atoms. The molecule has 0 fully saturated rings. The lowest BCUT2D eigenvalue weighted by Crippen LogP contribution is -2.08. The molecule has 0 aromatic carbocycles. The summed E-state index contributed by atoms with van der Waals surface area (Å²) in [5.41, 5.74) is -1.01. The van der Waals surface area contributed by atoms with E-state index in [9.17, 15) is 13.6 Å². The molecule has 7 heteroatoms. The first-order valence-electron chi connectivity index (χ1n) is 4.47. The van der Waals surface area contributed by atoms with E-state index in [0.29, 0.717) is 0 Å². The third kappa shape index (κ3) is 2.66. The van der Waals surface area contributed by atoms with Gasteiger partial charge in [-0.25, -0.2) is 8.78 Å². The molecule has 0 aliphatic carbocycles. The fourth-order valence-electron chi connectivity index (χ4n) is 1.32. The summed E-state index contributed by atoms with van der Waals surface area (Å²) in [4.78, 5) is 14.1. The second kappa shape index (κ2) is 5.21. The molecule has 17 heavy (non-hydrogen) atoms. The van der Waals surface area contributed by atoms with Crippen LogP contribution < -0.4 is 4.74 Å². The molecule has 0 radical (unpaired) electrons. The fraction of sp³-hybridized carbons (Fsp3) is 0.300. The monoisotopic (exact) mass is 242 g/mol. The number of ether oxygens (including phenoxy) is 1. The Balaban J connectivity index is 3.38. The van der Waals surface area contributed by atoms with E-state index in [1.165, 1.54) is 7.11 Å². The molecule has 1 heterocycles. The van der Waals surface area contributed by atoms with Crippen LogP contribution in [0.25, 0.3) is 0 Å². The van der Waals surface area contributed by atoms with Crippen LogP contribution in [0.1, 0.15) is 23.2 Å². The first-order chi connectivity index (χ1) is 8.01. The van der Waals surface area contributed by atoms with Crippen LogP contribution in [0, 0.1) is 11.3 Å². The largest absolute Gasteiger partial charge is 0.493 e. The minimum Gasteiger partial charge on any atom is -0.493 e. The minimum absolute atomic E-state index is 0.0547. The molecular formula is C10H8F2N2O3. The summed E-state index contributed by atoms with van der Waals surface area (Å²) < 4.78 is 29.9. The molecule has 0 unspecified atom stereocenters. The van der Waals surface area contributed by atoms with E-state index < -0.39 is 24.4 Å². The number of pyridine rings is 1. The van der Waals surface area contributed by atoms with Gasteiger partial charge < -0.3 is 9.84 Å². The van der Waals surface area contributed by atoms with Crippen LogP contribution in [0.2, 0.25) is 0 Å². The van der Waals surface area contributed by atoms with Crippen molar-refractivity contribution in [2.45, 2.75) is 12.8 Å². The van der Waals surface area contributed by atoms with Crippen LogP contribution in [-0.4, -0.2) is 23.2 Å². The van der Waals surface area contributed by atoms with Crippen molar-refractivity contribution in [3.8, 4) is 11.8 Å². The zero-order valence-electron chi connectivity index (χ0n) is 8.78. The Kier molecular flexibility index (Phi) is 3.93. The Bertz CT molecular complexity index is 483. The normalized spacial score (nSPS) is 10.1. The van der Waals surface area contributed by atoms with Gasteiger partial charge in [0.15, 0.2) is 5.75 Å². The van der Waals surface area contributed by atoms with Crippen molar-refractivity contribution < 1.29 is 23.4 Å². The number of hydrogen-bond donors (Lipinski definition) is 1. The number of halogens is 2. The Labute approximate surface area is 95.3 Å². The number of rotatable bonds is 4. The standard InChI is InChI=1S/C10H8F2N2O3/c1-17-9-5(3-13)6(10(11)12)4-14-7(9)2-8(15)16/h4,10H,2H2,1H3,(H,15,16). The molecule has 0 aliphatic rings. The van der Waals surface area contributed by atoms with Crippen molar-refractivity contribution >= 4 is 5.97 Å². The predicted octanol–water partition coefficient (Wildman–Crippen LogP) is 1.53. The van der Waals surface area contributed by atoms with Gasteiger partial charge in [0.05, 0.1) is 24.8 Å². The van der Waals surface area contributed by atoms with Crippen molar-refractivity contribution in [3.63, 3.8) is 0 Å². The van der Waals surface area contributed by atoms with Gasteiger partial charge in [0, 0.05) is 6.20 Å². The molecule has 0 saturated heterocycles. The average molecular weight is 242 g/mol. The molecule has 1 N–H and O–H groups in total. The highest BCUT2D eigenvalue weighted by Gasteiger charge is 2.22. The van der Waals surface area contributed by atoms with Gasteiger partial charge in [0.2, 0.25) is 0 Å². The Morgan fingerprint density at radius 2 is 2.35 bits per heavy atom. The lowest BCUT2D eigenvalue weighted by molar-refractivity contribution is -0.136. The molecule has 0 saturated carbocycles. The van der Waals surface area contributed by atoms with Gasteiger partial charge >= 0.3 is 5.97 Å². The second-order valence-corrected chi connectivity index (χ2v) is 3.05. The maximum atomic E-state index is 12.6. The number of aromatic nitrogens is 1. The summed E-state index contributed by atoms with van der Waals surface area (Å²) in [6.45, 7) is 0. The number of aliphatic carboxylic acids is 1. The number of nitriles is 1. The molecule has 1 rings (SSSR count). The van der Waals surface area contributed by atoms with E-state index in [-0.39, 0.29) is 17.0 Å². The van der Waals surface area contributed by atoms with Gasteiger partial charge in [-0.3, -0.25) is 9.78 Å². The molecule has 90 valence electrons. The Morgan fingerprint density at radius 3 is 2.76 bits per heavy atom. The number of methoxy groups -OCH3 is 1. The fourth-order valence-corrected chi connectivity index (χ4v) is 1.32. The summed E-state index contributed by atoms with van der Waals surface area (Å²) >= 11 is 0. The molecule has 0 atom stereocenters. The number of alkyl halides is 2. The van der Waals surface area contributed by atoms with Gasteiger partial charge in [-0.05, 0) is 0 Å². The number of hydrogen-bond acceptors (Lipinski definition) is 4. The maximum Gasteiger partial charge on any atom is 0.309 e. The number of nitrogens with zero attached hydrogens (tertiary/aromatic N) is 2. The lowest BCUT2D eigenvalue weighted by atomic mass is 10.1. The summed E-state index contributed by atoms with van der Waals surface area (Å²) in [5.74, 6) is -1.41. The summed E-state index contributed by atoms with van der Waals surface area (Å²) in [5, 5.41) is 17.4. The highest BCUT2D eigenvalue weighted by molar-refractivity contribution is 5.71. The average Bonchev–Trinajstić information content (AvgIpc) is 2.26. The molecule has 0 aliphatic heterocycles.